The number of hydrogen-bond acceptors (Lipinski definition) is 4. The number of pyridine rings is 1. The summed E-state index contributed by atoms with van der Waals surface area (Å²) in [6, 6.07) is 31.9. The smallest absolute Gasteiger partial charge is 0.125 e. The molecule has 35 heavy (non-hydrogen) atoms. The Kier molecular flexibility index (Phi) is 8.30. The third-order valence-electron chi connectivity index (χ3n) is 6.67. The molecule has 4 aromatic rings. The molecule has 0 unspecified atom stereocenters. The second-order valence-electron chi connectivity index (χ2n) is 8.66. The van der Waals surface area contributed by atoms with Gasteiger partial charge in [0, 0.05) is 24.9 Å². The zero-order chi connectivity index (χ0) is 24.5. The van der Waals surface area contributed by atoms with Crippen LogP contribution >= 0.6 is 0 Å². The first kappa shape index (κ1) is 24.6. The summed E-state index contributed by atoms with van der Waals surface area (Å²) in [5.41, 5.74) is 2.37. The average molecular weight is 467 g/mol. The van der Waals surface area contributed by atoms with Crippen LogP contribution < -0.4 is 4.74 Å². The number of nitrogens with zero attached hydrogens (tertiary/aromatic N) is 2. The SMILES string of the molecule is CCN(CC)CCOc1ccc([C@@](O)(c2ccccc2)[C@@H](c2ccccc2)c2ccncc2)cc1. The summed E-state index contributed by atoms with van der Waals surface area (Å²) >= 11 is 0. The van der Waals surface area contributed by atoms with Gasteiger partial charge in [-0.3, -0.25) is 4.98 Å². The summed E-state index contributed by atoms with van der Waals surface area (Å²) in [5, 5.41) is 12.7. The van der Waals surface area contributed by atoms with Crippen molar-refractivity contribution in [2.75, 3.05) is 26.2 Å². The fourth-order valence-electron chi connectivity index (χ4n) is 4.71. The number of aliphatic hydroxyl groups is 1. The third-order valence-corrected chi connectivity index (χ3v) is 6.67. The highest BCUT2D eigenvalue weighted by Gasteiger charge is 2.42. The molecule has 1 N–H and O–H groups in total. The monoisotopic (exact) mass is 466 g/mol. The van der Waals surface area contributed by atoms with Crippen molar-refractivity contribution in [2.24, 2.45) is 0 Å². The molecule has 4 nitrogen and oxygen atoms in total. The van der Waals surface area contributed by atoms with Crippen LogP contribution in [0.5, 0.6) is 5.75 Å². The van der Waals surface area contributed by atoms with Crippen molar-refractivity contribution < 1.29 is 9.84 Å². The van der Waals surface area contributed by atoms with Gasteiger partial charge in [0.2, 0.25) is 0 Å². The first-order valence-corrected chi connectivity index (χ1v) is 12.3. The molecule has 0 spiro atoms. The molecule has 0 saturated heterocycles. The van der Waals surface area contributed by atoms with E-state index in [-0.39, 0.29) is 5.92 Å². The number of aromatic nitrogens is 1. The zero-order valence-electron chi connectivity index (χ0n) is 20.5. The predicted octanol–water partition coefficient (Wildman–Crippen LogP) is 5.87. The molecular weight excluding hydrogens is 432 g/mol. The Morgan fingerprint density at radius 1 is 0.743 bits per heavy atom. The van der Waals surface area contributed by atoms with Gasteiger partial charge in [0.1, 0.15) is 18.0 Å². The Hall–Kier alpha value is -3.47. The van der Waals surface area contributed by atoms with Crippen LogP contribution in [0.1, 0.15) is 42.0 Å². The van der Waals surface area contributed by atoms with E-state index < -0.39 is 5.60 Å². The lowest BCUT2D eigenvalue weighted by molar-refractivity contribution is 0.0624. The molecule has 0 aliphatic carbocycles. The number of likely N-dealkylation sites (N-methyl/N-ethyl adjacent to an activating group) is 1. The van der Waals surface area contributed by atoms with Crippen molar-refractivity contribution in [3.05, 3.63) is 132 Å². The quantitative estimate of drug-likeness (QED) is 0.300. The van der Waals surface area contributed by atoms with Crippen molar-refractivity contribution >= 4 is 0 Å². The highest BCUT2D eigenvalue weighted by atomic mass is 16.5. The largest absolute Gasteiger partial charge is 0.492 e. The van der Waals surface area contributed by atoms with Gasteiger partial charge in [-0.05, 0) is 59.6 Å². The van der Waals surface area contributed by atoms with Crippen LogP contribution in [0, 0.1) is 0 Å². The molecule has 180 valence electrons. The minimum absolute atomic E-state index is 0.330. The summed E-state index contributed by atoms with van der Waals surface area (Å²) in [6.07, 6.45) is 3.56. The summed E-state index contributed by atoms with van der Waals surface area (Å²) in [5.74, 6) is 0.472. The molecule has 4 rings (SSSR count). The Morgan fingerprint density at radius 2 is 1.29 bits per heavy atom. The number of rotatable bonds is 11. The molecule has 0 fully saturated rings. The zero-order valence-corrected chi connectivity index (χ0v) is 20.5. The van der Waals surface area contributed by atoms with E-state index in [9.17, 15) is 5.11 Å². The fourth-order valence-corrected chi connectivity index (χ4v) is 4.71. The maximum absolute atomic E-state index is 12.7. The molecule has 3 aromatic carbocycles. The van der Waals surface area contributed by atoms with E-state index in [2.05, 4.69) is 35.9 Å². The lowest BCUT2D eigenvalue weighted by atomic mass is 9.70. The van der Waals surface area contributed by atoms with Crippen molar-refractivity contribution in [2.45, 2.75) is 25.4 Å². The normalized spacial score (nSPS) is 13.8. The summed E-state index contributed by atoms with van der Waals surface area (Å²) in [7, 11) is 0. The summed E-state index contributed by atoms with van der Waals surface area (Å²) in [6.45, 7) is 7.87. The fraction of sp³-hybridized carbons (Fsp3) is 0.258. The van der Waals surface area contributed by atoms with Crippen LogP contribution in [0.4, 0.5) is 0 Å². The van der Waals surface area contributed by atoms with Gasteiger partial charge in [-0.15, -0.1) is 0 Å². The minimum atomic E-state index is -1.30. The molecule has 0 aliphatic rings. The van der Waals surface area contributed by atoms with Crippen molar-refractivity contribution in [3.63, 3.8) is 0 Å². The Morgan fingerprint density at radius 3 is 1.89 bits per heavy atom. The van der Waals surface area contributed by atoms with Gasteiger partial charge in [-0.2, -0.15) is 0 Å². The van der Waals surface area contributed by atoms with Gasteiger partial charge in [-0.1, -0.05) is 86.6 Å². The maximum atomic E-state index is 12.7. The molecule has 0 saturated carbocycles. The van der Waals surface area contributed by atoms with Gasteiger partial charge in [0.15, 0.2) is 0 Å². The van der Waals surface area contributed by atoms with Crippen LogP contribution in [0.3, 0.4) is 0 Å². The lowest BCUT2D eigenvalue weighted by Gasteiger charge is -2.38. The van der Waals surface area contributed by atoms with Crippen LogP contribution in [0.25, 0.3) is 0 Å². The molecule has 2 atom stereocenters. The first-order chi connectivity index (χ1) is 17.2. The molecule has 0 radical (unpaired) electrons. The van der Waals surface area contributed by atoms with E-state index in [1.54, 1.807) is 12.4 Å². The minimum Gasteiger partial charge on any atom is -0.492 e. The van der Waals surface area contributed by atoms with E-state index in [1.165, 1.54) is 0 Å². The topological polar surface area (TPSA) is 45.6 Å². The molecular formula is C31H34N2O2. The summed E-state index contributed by atoms with van der Waals surface area (Å²) in [4.78, 5) is 6.55. The van der Waals surface area contributed by atoms with Crippen LogP contribution in [-0.4, -0.2) is 41.2 Å². The second kappa shape index (κ2) is 11.8. The molecule has 0 amide bonds. The predicted molar refractivity (Wildman–Crippen MR) is 142 cm³/mol. The van der Waals surface area contributed by atoms with E-state index in [4.69, 9.17) is 4.74 Å². The van der Waals surface area contributed by atoms with E-state index in [1.807, 2.05) is 84.9 Å². The lowest BCUT2D eigenvalue weighted by Crippen LogP contribution is -2.35. The molecule has 4 heteroatoms. The van der Waals surface area contributed by atoms with E-state index >= 15 is 0 Å². The Bertz CT molecular complexity index is 1110. The van der Waals surface area contributed by atoms with Crippen LogP contribution in [0.15, 0.2) is 109 Å². The highest BCUT2D eigenvalue weighted by Crippen LogP contribution is 2.46. The van der Waals surface area contributed by atoms with Gasteiger partial charge in [0.25, 0.3) is 0 Å². The number of ether oxygens (including phenoxy) is 1. The first-order valence-electron chi connectivity index (χ1n) is 12.3. The number of hydrogen-bond donors (Lipinski definition) is 1. The van der Waals surface area contributed by atoms with Crippen molar-refractivity contribution in [1.29, 1.82) is 0 Å². The highest BCUT2D eigenvalue weighted by molar-refractivity contribution is 5.48. The van der Waals surface area contributed by atoms with Crippen LogP contribution in [0.2, 0.25) is 0 Å². The van der Waals surface area contributed by atoms with Crippen molar-refractivity contribution in [1.82, 2.24) is 9.88 Å². The molecule has 1 heterocycles. The molecule has 0 aliphatic heterocycles. The van der Waals surface area contributed by atoms with E-state index in [0.29, 0.717) is 6.61 Å². The molecule has 1 aromatic heterocycles. The van der Waals surface area contributed by atoms with E-state index in [0.717, 1.165) is 47.6 Å². The van der Waals surface area contributed by atoms with Gasteiger partial charge >= 0.3 is 0 Å². The molecule has 0 bridgehead atoms. The maximum Gasteiger partial charge on any atom is 0.125 e. The number of benzene rings is 3. The van der Waals surface area contributed by atoms with Crippen LogP contribution in [-0.2, 0) is 5.60 Å². The second-order valence-corrected chi connectivity index (χ2v) is 8.66. The summed E-state index contributed by atoms with van der Waals surface area (Å²) < 4.78 is 6.01. The standard InChI is InChI=1S/C31H34N2O2/c1-3-33(4-2)23-24-35-29-17-15-28(16-18-29)31(34,27-13-9-6-10-14-27)30(25-11-7-5-8-12-25)26-19-21-32-22-20-26/h5-22,30,34H,3-4,23-24H2,1-2H3/t30-,31-/m0/s1. The van der Waals surface area contributed by atoms with Gasteiger partial charge in [-0.25, -0.2) is 0 Å². The van der Waals surface area contributed by atoms with Gasteiger partial charge < -0.3 is 14.7 Å². The Balaban J connectivity index is 1.74. The Labute approximate surface area is 208 Å². The van der Waals surface area contributed by atoms with Crippen molar-refractivity contribution in [3.8, 4) is 5.75 Å². The van der Waals surface area contributed by atoms with Gasteiger partial charge in [0.05, 0.1) is 0 Å². The average Bonchev–Trinajstić information content (AvgIpc) is 2.93. The third kappa shape index (κ3) is 5.61.